The monoisotopic (exact) mass is 378 g/mol. The van der Waals surface area contributed by atoms with Gasteiger partial charge in [0.25, 0.3) is 5.91 Å². The number of hydrogen-bond donors (Lipinski definition) is 1. The smallest absolute Gasteiger partial charge is 0.251 e. The molecule has 1 amide bonds. The molecule has 0 aliphatic carbocycles. The second-order valence-corrected chi connectivity index (χ2v) is 6.64. The van der Waals surface area contributed by atoms with E-state index in [1.807, 2.05) is 48.5 Å². The molecule has 1 N–H and O–H groups in total. The fraction of sp³-hybridized carbons (Fsp3) is 0.304. The Labute approximate surface area is 165 Å². The van der Waals surface area contributed by atoms with E-state index in [4.69, 9.17) is 9.47 Å². The first-order chi connectivity index (χ1) is 13.8. The number of nitrogens with zero attached hydrogens (tertiary/aromatic N) is 1. The fourth-order valence-corrected chi connectivity index (χ4v) is 2.96. The van der Waals surface area contributed by atoms with Crippen molar-refractivity contribution in [2.45, 2.75) is 25.8 Å². The molecule has 146 valence electrons. The molecule has 2 aromatic carbocycles. The van der Waals surface area contributed by atoms with Crippen molar-refractivity contribution in [3.63, 3.8) is 0 Å². The highest BCUT2D eigenvalue weighted by molar-refractivity contribution is 5.97. The molecule has 0 aliphatic heterocycles. The lowest BCUT2D eigenvalue weighted by atomic mass is 10.1. The summed E-state index contributed by atoms with van der Waals surface area (Å²) >= 11 is 0. The highest BCUT2D eigenvalue weighted by Crippen LogP contribution is 2.15. The normalized spacial score (nSPS) is 10.8. The molecule has 28 heavy (non-hydrogen) atoms. The number of amides is 1. The van der Waals surface area contributed by atoms with Crippen LogP contribution in [0.25, 0.3) is 10.9 Å². The Morgan fingerprint density at radius 3 is 2.79 bits per heavy atom. The third kappa shape index (κ3) is 5.79. The average molecular weight is 378 g/mol. The lowest BCUT2D eigenvalue weighted by Gasteiger charge is -2.09. The van der Waals surface area contributed by atoms with Gasteiger partial charge in [-0.25, -0.2) is 0 Å². The van der Waals surface area contributed by atoms with Crippen molar-refractivity contribution < 1.29 is 14.3 Å². The number of benzene rings is 2. The zero-order chi connectivity index (χ0) is 19.6. The lowest BCUT2D eigenvalue weighted by molar-refractivity contribution is 0.0951. The van der Waals surface area contributed by atoms with Crippen LogP contribution in [-0.4, -0.2) is 31.2 Å². The Morgan fingerprint density at radius 2 is 1.89 bits per heavy atom. The van der Waals surface area contributed by atoms with Gasteiger partial charge in [0.05, 0.1) is 12.1 Å². The summed E-state index contributed by atoms with van der Waals surface area (Å²) in [5, 5.41) is 3.92. The molecular weight excluding hydrogens is 352 g/mol. The molecule has 3 rings (SSSR count). The second kappa shape index (κ2) is 10.4. The van der Waals surface area contributed by atoms with Gasteiger partial charge in [0.2, 0.25) is 0 Å². The SMILES string of the molecule is COCCCCCOc1cccc(CNC(=O)c2ccc3ncccc3c2)c1. The second-order valence-electron chi connectivity index (χ2n) is 6.64. The molecule has 5 heteroatoms. The van der Waals surface area contributed by atoms with Gasteiger partial charge in [0.15, 0.2) is 0 Å². The zero-order valence-corrected chi connectivity index (χ0v) is 16.2. The highest BCUT2D eigenvalue weighted by Gasteiger charge is 2.07. The van der Waals surface area contributed by atoms with Crippen LogP contribution in [0.5, 0.6) is 5.75 Å². The van der Waals surface area contributed by atoms with Crippen molar-refractivity contribution in [1.82, 2.24) is 10.3 Å². The van der Waals surface area contributed by atoms with Crippen molar-refractivity contribution in [2.24, 2.45) is 0 Å². The molecule has 0 spiro atoms. The molecular formula is C23H26N2O3. The van der Waals surface area contributed by atoms with E-state index in [0.717, 1.165) is 48.1 Å². The first kappa shape index (κ1) is 19.8. The maximum Gasteiger partial charge on any atom is 0.251 e. The first-order valence-corrected chi connectivity index (χ1v) is 9.60. The van der Waals surface area contributed by atoms with Gasteiger partial charge in [-0.3, -0.25) is 9.78 Å². The van der Waals surface area contributed by atoms with E-state index < -0.39 is 0 Å². The molecule has 0 radical (unpaired) electrons. The van der Waals surface area contributed by atoms with Crippen LogP contribution in [-0.2, 0) is 11.3 Å². The van der Waals surface area contributed by atoms with Gasteiger partial charge >= 0.3 is 0 Å². The van der Waals surface area contributed by atoms with Crippen LogP contribution in [0.4, 0.5) is 0 Å². The van der Waals surface area contributed by atoms with Gasteiger partial charge in [-0.05, 0) is 61.2 Å². The van der Waals surface area contributed by atoms with E-state index in [1.54, 1.807) is 19.4 Å². The molecule has 0 unspecified atom stereocenters. The Morgan fingerprint density at radius 1 is 1.00 bits per heavy atom. The predicted molar refractivity (Wildman–Crippen MR) is 111 cm³/mol. The van der Waals surface area contributed by atoms with Gasteiger partial charge in [-0.1, -0.05) is 18.2 Å². The van der Waals surface area contributed by atoms with Crippen LogP contribution in [0.1, 0.15) is 35.2 Å². The number of carbonyl (C=O) groups excluding carboxylic acids is 1. The van der Waals surface area contributed by atoms with Gasteiger partial charge < -0.3 is 14.8 Å². The average Bonchev–Trinajstić information content (AvgIpc) is 2.74. The Hall–Kier alpha value is -2.92. The minimum atomic E-state index is -0.102. The molecule has 1 aromatic heterocycles. The van der Waals surface area contributed by atoms with Gasteiger partial charge in [-0.15, -0.1) is 0 Å². The van der Waals surface area contributed by atoms with Crippen LogP contribution < -0.4 is 10.1 Å². The van der Waals surface area contributed by atoms with E-state index in [1.165, 1.54) is 0 Å². The molecule has 1 heterocycles. The minimum Gasteiger partial charge on any atom is -0.494 e. The predicted octanol–water partition coefficient (Wildman–Crippen LogP) is 4.36. The number of carbonyl (C=O) groups is 1. The highest BCUT2D eigenvalue weighted by atomic mass is 16.5. The molecule has 5 nitrogen and oxygen atoms in total. The standard InChI is InChI=1S/C23H26N2O3/c1-27-13-3-2-4-14-28-21-9-5-7-18(15-21)17-25-23(26)20-10-11-22-19(16-20)8-6-12-24-22/h5-12,15-16H,2-4,13-14,17H2,1H3,(H,25,26). The number of pyridine rings is 1. The Bertz CT molecular complexity index is 911. The first-order valence-electron chi connectivity index (χ1n) is 9.60. The maximum atomic E-state index is 12.5. The Kier molecular flexibility index (Phi) is 7.38. The molecule has 0 saturated heterocycles. The van der Waals surface area contributed by atoms with Crippen LogP contribution in [0.3, 0.4) is 0 Å². The van der Waals surface area contributed by atoms with E-state index in [2.05, 4.69) is 10.3 Å². The van der Waals surface area contributed by atoms with E-state index in [9.17, 15) is 4.79 Å². The molecule has 0 fully saturated rings. The van der Waals surface area contributed by atoms with Crippen LogP contribution in [0.15, 0.2) is 60.8 Å². The maximum absolute atomic E-state index is 12.5. The number of aromatic nitrogens is 1. The van der Waals surface area contributed by atoms with Gasteiger partial charge in [-0.2, -0.15) is 0 Å². The number of fused-ring (bicyclic) bond motifs is 1. The number of hydrogen-bond acceptors (Lipinski definition) is 4. The van der Waals surface area contributed by atoms with Gasteiger partial charge in [0, 0.05) is 37.4 Å². The summed E-state index contributed by atoms with van der Waals surface area (Å²) in [6.07, 6.45) is 4.89. The number of nitrogens with one attached hydrogen (secondary N) is 1. The van der Waals surface area contributed by atoms with E-state index >= 15 is 0 Å². The summed E-state index contributed by atoms with van der Waals surface area (Å²) in [5.74, 6) is 0.727. The summed E-state index contributed by atoms with van der Waals surface area (Å²) in [7, 11) is 1.72. The van der Waals surface area contributed by atoms with Crippen LogP contribution in [0.2, 0.25) is 0 Å². The number of rotatable bonds is 10. The van der Waals surface area contributed by atoms with E-state index in [-0.39, 0.29) is 5.91 Å². The third-order valence-corrected chi connectivity index (χ3v) is 4.48. The molecule has 0 saturated carbocycles. The summed E-state index contributed by atoms with van der Waals surface area (Å²) in [6, 6.07) is 17.2. The molecule has 0 bridgehead atoms. The summed E-state index contributed by atoms with van der Waals surface area (Å²) in [5.41, 5.74) is 2.52. The van der Waals surface area contributed by atoms with Gasteiger partial charge in [0.1, 0.15) is 5.75 Å². The summed E-state index contributed by atoms with van der Waals surface area (Å²) in [4.78, 5) is 16.7. The molecule has 0 atom stereocenters. The van der Waals surface area contributed by atoms with Crippen LogP contribution in [0, 0.1) is 0 Å². The largest absolute Gasteiger partial charge is 0.494 e. The lowest BCUT2D eigenvalue weighted by Crippen LogP contribution is -2.22. The third-order valence-electron chi connectivity index (χ3n) is 4.48. The summed E-state index contributed by atoms with van der Waals surface area (Å²) in [6.45, 7) is 1.93. The van der Waals surface area contributed by atoms with Crippen molar-refractivity contribution >= 4 is 16.8 Å². The Balaban J connectivity index is 1.50. The van der Waals surface area contributed by atoms with Crippen LogP contribution >= 0.6 is 0 Å². The number of methoxy groups -OCH3 is 1. The topological polar surface area (TPSA) is 60.5 Å². The molecule has 0 aliphatic rings. The number of unbranched alkanes of at least 4 members (excludes halogenated alkanes) is 2. The van der Waals surface area contributed by atoms with E-state index in [0.29, 0.717) is 18.7 Å². The quantitative estimate of drug-likeness (QED) is 0.533. The van der Waals surface area contributed by atoms with Crippen molar-refractivity contribution in [3.05, 3.63) is 71.9 Å². The zero-order valence-electron chi connectivity index (χ0n) is 16.2. The van der Waals surface area contributed by atoms with Crippen molar-refractivity contribution in [2.75, 3.05) is 20.3 Å². The van der Waals surface area contributed by atoms with Crippen molar-refractivity contribution in [3.8, 4) is 5.75 Å². The molecule has 3 aromatic rings. The minimum absolute atomic E-state index is 0.102. The van der Waals surface area contributed by atoms with Crippen molar-refractivity contribution in [1.29, 1.82) is 0 Å². The number of ether oxygens (including phenoxy) is 2. The fourth-order valence-electron chi connectivity index (χ4n) is 2.96. The summed E-state index contributed by atoms with van der Waals surface area (Å²) < 4.78 is 10.8.